The topological polar surface area (TPSA) is 43.4 Å². The molecule has 1 aliphatic carbocycles. The summed E-state index contributed by atoms with van der Waals surface area (Å²) in [5, 5.41) is 0. The van der Waals surface area contributed by atoms with Crippen molar-refractivity contribution in [3.63, 3.8) is 0 Å². The van der Waals surface area contributed by atoms with Crippen molar-refractivity contribution in [1.29, 1.82) is 0 Å². The van der Waals surface area contributed by atoms with Crippen LogP contribution in [0, 0.1) is 11.8 Å². The van der Waals surface area contributed by atoms with Crippen LogP contribution in [0.3, 0.4) is 0 Å². The van der Waals surface area contributed by atoms with Crippen molar-refractivity contribution in [2.45, 2.75) is 45.6 Å². The molecule has 1 unspecified atom stereocenters. The van der Waals surface area contributed by atoms with Crippen LogP contribution in [0.1, 0.15) is 39.5 Å². The first-order chi connectivity index (χ1) is 7.38. The van der Waals surface area contributed by atoms with Crippen LogP contribution in [0.2, 0.25) is 0 Å². The van der Waals surface area contributed by atoms with E-state index in [0.29, 0.717) is 12.7 Å². The van der Waals surface area contributed by atoms with Crippen molar-refractivity contribution in [2.75, 3.05) is 12.4 Å². The highest BCUT2D eigenvalue weighted by molar-refractivity contribution is 8.13. The van der Waals surface area contributed by atoms with Crippen LogP contribution in [0.15, 0.2) is 0 Å². The maximum atomic E-state index is 11.1. The quantitative estimate of drug-likeness (QED) is 0.696. The molecule has 1 fully saturated rings. The molecule has 0 bridgehead atoms. The van der Waals surface area contributed by atoms with Gasteiger partial charge in [-0.2, -0.15) is 0 Å². The fourth-order valence-electron chi connectivity index (χ4n) is 2.00. The molecule has 1 rings (SSSR count). The second kappa shape index (κ2) is 6.22. The van der Waals surface area contributed by atoms with E-state index in [0.717, 1.165) is 12.8 Å². The molecular formula is C11H21ClO3S. The first-order valence-electron chi connectivity index (χ1n) is 5.92. The maximum Gasteiger partial charge on any atom is 0.232 e. The van der Waals surface area contributed by atoms with Crippen LogP contribution in [0.25, 0.3) is 0 Å². The van der Waals surface area contributed by atoms with Gasteiger partial charge in [-0.05, 0) is 24.7 Å². The van der Waals surface area contributed by atoms with Crippen molar-refractivity contribution in [3.8, 4) is 0 Å². The Morgan fingerprint density at radius 2 is 1.88 bits per heavy atom. The maximum absolute atomic E-state index is 11.1. The molecule has 1 aliphatic rings. The van der Waals surface area contributed by atoms with E-state index in [4.69, 9.17) is 15.4 Å². The molecular weight excluding hydrogens is 248 g/mol. The highest BCUT2D eigenvalue weighted by atomic mass is 35.7. The van der Waals surface area contributed by atoms with Gasteiger partial charge in [0.25, 0.3) is 0 Å². The molecule has 0 aliphatic heterocycles. The van der Waals surface area contributed by atoms with E-state index in [1.165, 1.54) is 12.8 Å². The largest absolute Gasteiger partial charge is 0.378 e. The number of hydrogen-bond acceptors (Lipinski definition) is 3. The summed E-state index contributed by atoms with van der Waals surface area (Å²) in [7, 11) is 1.86. The lowest BCUT2D eigenvalue weighted by molar-refractivity contribution is 0.0284. The Balaban J connectivity index is 2.38. The Morgan fingerprint density at radius 3 is 2.31 bits per heavy atom. The molecule has 1 atom stereocenters. The summed E-state index contributed by atoms with van der Waals surface area (Å²) in [6.07, 6.45) is 5.01. The third kappa shape index (κ3) is 5.51. The van der Waals surface area contributed by atoms with Gasteiger partial charge >= 0.3 is 0 Å². The Morgan fingerprint density at radius 1 is 1.31 bits per heavy atom. The standard InChI is InChI=1S/C11H21ClO3S/c1-9(2)10(8-16(12,13)14)7-15-11-5-3-4-6-11/h9-11H,3-8H2,1-2H3. The number of rotatable bonds is 6. The van der Waals surface area contributed by atoms with E-state index in [2.05, 4.69) is 0 Å². The Labute approximate surface area is 103 Å². The highest BCUT2D eigenvalue weighted by Gasteiger charge is 2.23. The molecule has 0 spiro atoms. The molecule has 96 valence electrons. The summed E-state index contributed by atoms with van der Waals surface area (Å²) >= 11 is 0. The molecule has 0 radical (unpaired) electrons. The summed E-state index contributed by atoms with van der Waals surface area (Å²) in [6, 6.07) is 0. The van der Waals surface area contributed by atoms with Crippen LogP contribution >= 0.6 is 10.7 Å². The molecule has 0 aromatic rings. The minimum absolute atomic E-state index is 0.00287. The molecule has 0 aromatic carbocycles. The predicted molar refractivity (Wildman–Crippen MR) is 66.2 cm³/mol. The van der Waals surface area contributed by atoms with Crippen LogP contribution in [0.5, 0.6) is 0 Å². The van der Waals surface area contributed by atoms with Gasteiger partial charge in [-0.3, -0.25) is 0 Å². The summed E-state index contributed by atoms with van der Waals surface area (Å²) in [5.74, 6) is 0.289. The van der Waals surface area contributed by atoms with Crippen molar-refractivity contribution >= 4 is 19.7 Å². The van der Waals surface area contributed by atoms with Gasteiger partial charge in [-0.25, -0.2) is 8.42 Å². The average Bonchev–Trinajstić information content (AvgIpc) is 2.62. The molecule has 0 heterocycles. The van der Waals surface area contributed by atoms with Gasteiger partial charge in [-0.1, -0.05) is 26.7 Å². The molecule has 3 nitrogen and oxygen atoms in total. The lowest BCUT2D eigenvalue weighted by atomic mass is 9.99. The van der Waals surface area contributed by atoms with E-state index >= 15 is 0 Å². The zero-order valence-electron chi connectivity index (χ0n) is 9.99. The van der Waals surface area contributed by atoms with E-state index < -0.39 is 9.05 Å². The number of hydrogen-bond donors (Lipinski definition) is 0. The Hall–Kier alpha value is 0.200. The van der Waals surface area contributed by atoms with Crippen molar-refractivity contribution in [3.05, 3.63) is 0 Å². The summed E-state index contributed by atoms with van der Waals surface area (Å²) < 4.78 is 27.9. The minimum atomic E-state index is -3.42. The highest BCUT2D eigenvalue weighted by Crippen LogP contribution is 2.23. The van der Waals surface area contributed by atoms with E-state index in [1.54, 1.807) is 0 Å². The van der Waals surface area contributed by atoms with Crippen molar-refractivity contribution in [2.24, 2.45) is 11.8 Å². The Kier molecular flexibility index (Phi) is 5.54. The van der Waals surface area contributed by atoms with Gasteiger partial charge in [0, 0.05) is 10.7 Å². The number of halogens is 1. The van der Waals surface area contributed by atoms with Crippen LogP contribution < -0.4 is 0 Å². The summed E-state index contributed by atoms with van der Waals surface area (Å²) in [6.45, 7) is 4.52. The van der Waals surface area contributed by atoms with Crippen molar-refractivity contribution in [1.82, 2.24) is 0 Å². The first kappa shape index (κ1) is 14.3. The molecule has 5 heteroatoms. The van der Waals surface area contributed by atoms with Crippen LogP contribution in [-0.2, 0) is 13.8 Å². The van der Waals surface area contributed by atoms with E-state index in [9.17, 15) is 8.42 Å². The Bertz CT molecular complexity index is 294. The molecule has 1 saturated carbocycles. The van der Waals surface area contributed by atoms with Gasteiger partial charge in [0.15, 0.2) is 0 Å². The van der Waals surface area contributed by atoms with Gasteiger partial charge in [0.2, 0.25) is 9.05 Å². The molecule has 0 saturated heterocycles. The smallest absolute Gasteiger partial charge is 0.232 e. The van der Waals surface area contributed by atoms with Gasteiger partial charge in [-0.15, -0.1) is 0 Å². The summed E-state index contributed by atoms with van der Waals surface area (Å²) in [4.78, 5) is 0. The molecule has 0 N–H and O–H groups in total. The molecule has 0 aromatic heterocycles. The third-order valence-corrected chi connectivity index (χ3v) is 4.41. The fraction of sp³-hybridized carbons (Fsp3) is 1.00. The lowest BCUT2D eigenvalue weighted by Gasteiger charge is -2.21. The van der Waals surface area contributed by atoms with Gasteiger partial charge in [0.1, 0.15) is 0 Å². The molecule has 16 heavy (non-hydrogen) atoms. The second-order valence-electron chi connectivity index (χ2n) is 4.95. The zero-order valence-corrected chi connectivity index (χ0v) is 11.6. The summed E-state index contributed by atoms with van der Waals surface area (Å²) in [5.41, 5.74) is 0. The minimum Gasteiger partial charge on any atom is -0.378 e. The lowest BCUT2D eigenvalue weighted by Crippen LogP contribution is -2.25. The third-order valence-electron chi connectivity index (χ3n) is 3.20. The van der Waals surface area contributed by atoms with Crippen LogP contribution in [-0.4, -0.2) is 26.9 Å². The monoisotopic (exact) mass is 268 g/mol. The first-order valence-corrected chi connectivity index (χ1v) is 8.40. The predicted octanol–water partition coefficient (Wildman–Crippen LogP) is 2.79. The normalized spacial score (nSPS) is 20.5. The zero-order chi connectivity index (χ0) is 12.2. The second-order valence-corrected chi connectivity index (χ2v) is 7.77. The average molecular weight is 269 g/mol. The van der Waals surface area contributed by atoms with Crippen molar-refractivity contribution < 1.29 is 13.2 Å². The molecule has 0 amide bonds. The SMILES string of the molecule is CC(C)C(COC1CCCC1)CS(=O)(=O)Cl. The number of ether oxygens (including phenoxy) is 1. The van der Waals surface area contributed by atoms with Crippen LogP contribution in [0.4, 0.5) is 0 Å². The van der Waals surface area contributed by atoms with Gasteiger partial charge in [0.05, 0.1) is 18.5 Å². The van der Waals surface area contributed by atoms with E-state index in [-0.39, 0.29) is 17.6 Å². The fourth-order valence-corrected chi connectivity index (χ4v) is 3.48. The van der Waals surface area contributed by atoms with Gasteiger partial charge < -0.3 is 4.74 Å². The van der Waals surface area contributed by atoms with E-state index in [1.807, 2.05) is 13.8 Å².